The SMILES string of the molecule is C=C1C(C/C=C\C)c2n[nH]nc2C2CCCCC2CN1C. The van der Waals surface area contributed by atoms with Crippen LogP contribution in [-0.2, 0) is 0 Å². The Kier molecular flexibility index (Phi) is 4.13. The molecular weight excluding hydrogens is 260 g/mol. The molecule has 0 saturated heterocycles. The van der Waals surface area contributed by atoms with Gasteiger partial charge in [-0.05, 0) is 32.1 Å². The van der Waals surface area contributed by atoms with Crippen LogP contribution in [0.1, 0.15) is 62.3 Å². The molecule has 0 amide bonds. The number of aromatic amines is 1. The topological polar surface area (TPSA) is 44.8 Å². The molecule has 4 heteroatoms. The Balaban J connectivity index is 2.01. The lowest BCUT2D eigenvalue weighted by molar-refractivity contribution is 0.219. The van der Waals surface area contributed by atoms with Gasteiger partial charge in [0.1, 0.15) is 0 Å². The van der Waals surface area contributed by atoms with E-state index >= 15 is 0 Å². The molecule has 3 unspecified atom stereocenters. The Morgan fingerprint density at radius 3 is 2.86 bits per heavy atom. The second-order valence-electron chi connectivity index (χ2n) is 6.47. The van der Waals surface area contributed by atoms with Crippen LogP contribution in [0.15, 0.2) is 24.4 Å². The summed E-state index contributed by atoms with van der Waals surface area (Å²) in [6.45, 7) is 7.52. The fourth-order valence-corrected chi connectivity index (χ4v) is 3.98. The van der Waals surface area contributed by atoms with E-state index in [2.05, 4.69) is 53.0 Å². The van der Waals surface area contributed by atoms with Gasteiger partial charge in [-0.1, -0.05) is 31.6 Å². The summed E-state index contributed by atoms with van der Waals surface area (Å²) < 4.78 is 0. The number of hydrogen-bond acceptors (Lipinski definition) is 3. The number of nitrogens with zero attached hydrogens (tertiary/aromatic N) is 3. The maximum absolute atomic E-state index is 4.54. The predicted molar refractivity (Wildman–Crippen MR) is 85.0 cm³/mol. The lowest BCUT2D eigenvalue weighted by Crippen LogP contribution is -2.35. The van der Waals surface area contributed by atoms with E-state index in [0.717, 1.165) is 18.7 Å². The third-order valence-corrected chi connectivity index (χ3v) is 5.20. The third-order valence-electron chi connectivity index (χ3n) is 5.20. The average Bonchev–Trinajstić information content (AvgIpc) is 2.96. The summed E-state index contributed by atoms with van der Waals surface area (Å²) >= 11 is 0. The number of nitrogens with one attached hydrogen (secondary N) is 1. The molecule has 0 aromatic carbocycles. The van der Waals surface area contributed by atoms with Crippen LogP contribution in [0.25, 0.3) is 0 Å². The number of likely N-dealkylation sites (N-methyl/N-ethyl adjacent to an activating group) is 1. The van der Waals surface area contributed by atoms with E-state index in [-0.39, 0.29) is 5.92 Å². The molecule has 1 aromatic heterocycles. The quantitative estimate of drug-likeness (QED) is 0.845. The van der Waals surface area contributed by atoms with Gasteiger partial charge in [-0.15, -0.1) is 0 Å². The van der Waals surface area contributed by atoms with Crippen molar-refractivity contribution in [2.45, 2.75) is 50.9 Å². The molecule has 1 saturated carbocycles. The minimum Gasteiger partial charge on any atom is -0.378 e. The average molecular weight is 286 g/mol. The zero-order valence-corrected chi connectivity index (χ0v) is 13.2. The zero-order chi connectivity index (χ0) is 14.8. The van der Waals surface area contributed by atoms with Gasteiger partial charge in [-0.2, -0.15) is 15.4 Å². The molecule has 4 nitrogen and oxygen atoms in total. The highest BCUT2D eigenvalue weighted by molar-refractivity contribution is 5.29. The summed E-state index contributed by atoms with van der Waals surface area (Å²) in [7, 11) is 2.18. The lowest BCUT2D eigenvalue weighted by atomic mass is 9.74. The first-order valence-corrected chi connectivity index (χ1v) is 8.14. The zero-order valence-electron chi connectivity index (χ0n) is 13.2. The van der Waals surface area contributed by atoms with Crippen molar-refractivity contribution < 1.29 is 0 Å². The Hall–Kier alpha value is -1.58. The summed E-state index contributed by atoms with van der Waals surface area (Å²) in [6, 6.07) is 0. The maximum atomic E-state index is 4.54. The van der Waals surface area contributed by atoms with Crippen LogP contribution in [-0.4, -0.2) is 33.9 Å². The fourth-order valence-electron chi connectivity index (χ4n) is 3.98. The predicted octanol–water partition coefficient (Wildman–Crippen LogP) is 3.59. The lowest BCUT2D eigenvalue weighted by Gasteiger charge is -2.39. The Morgan fingerprint density at radius 2 is 2.05 bits per heavy atom. The first-order chi connectivity index (χ1) is 10.2. The van der Waals surface area contributed by atoms with E-state index in [9.17, 15) is 0 Å². The van der Waals surface area contributed by atoms with E-state index < -0.39 is 0 Å². The van der Waals surface area contributed by atoms with Gasteiger partial charge in [0.25, 0.3) is 0 Å². The molecule has 1 N–H and O–H groups in total. The minimum atomic E-state index is 0.253. The van der Waals surface area contributed by atoms with Gasteiger partial charge in [0, 0.05) is 31.1 Å². The summed E-state index contributed by atoms with van der Waals surface area (Å²) in [5.41, 5.74) is 3.51. The van der Waals surface area contributed by atoms with Crippen molar-refractivity contribution in [3.63, 3.8) is 0 Å². The number of fused-ring (bicyclic) bond motifs is 3. The number of H-pyrrole nitrogens is 1. The number of allylic oxidation sites excluding steroid dienone is 3. The molecule has 1 aliphatic heterocycles. The van der Waals surface area contributed by atoms with Gasteiger partial charge >= 0.3 is 0 Å². The van der Waals surface area contributed by atoms with Crippen LogP contribution in [0.5, 0.6) is 0 Å². The van der Waals surface area contributed by atoms with Crippen molar-refractivity contribution >= 4 is 0 Å². The summed E-state index contributed by atoms with van der Waals surface area (Å²) in [6.07, 6.45) is 10.5. The molecule has 1 aliphatic carbocycles. The van der Waals surface area contributed by atoms with Crippen LogP contribution in [0.3, 0.4) is 0 Å². The maximum Gasteiger partial charge on any atom is 0.0952 e. The summed E-state index contributed by atoms with van der Waals surface area (Å²) in [5, 5.41) is 11.9. The molecule has 0 spiro atoms. The summed E-state index contributed by atoms with van der Waals surface area (Å²) in [4.78, 5) is 2.36. The Morgan fingerprint density at radius 1 is 1.29 bits per heavy atom. The van der Waals surface area contributed by atoms with Crippen LogP contribution < -0.4 is 0 Å². The molecule has 1 fully saturated rings. The number of rotatable bonds is 2. The monoisotopic (exact) mass is 286 g/mol. The fraction of sp³-hybridized carbons (Fsp3) is 0.647. The number of hydrogen-bond donors (Lipinski definition) is 1. The van der Waals surface area contributed by atoms with Crippen molar-refractivity contribution in [3.8, 4) is 0 Å². The molecule has 3 rings (SSSR count). The van der Waals surface area contributed by atoms with E-state index in [1.807, 2.05) is 0 Å². The normalized spacial score (nSPS) is 29.9. The molecule has 0 radical (unpaired) electrons. The highest BCUT2D eigenvalue weighted by Crippen LogP contribution is 2.44. The summed E-state index contributed by atoms with van der Waals surface area (Å²) in [5.74, 6) is 1.51. The highest BCUT2D eigenvalue weighted by atomic mass is 15.3. The Labute approximate surface area is 127 Å². The minimum absolute atomic E-state index is 0.253. The molecular formula is C17H26N4. The molecule has 114 valence electrons. The van der Waals surface area contributed by atoms with Crippen molar-refractivity contribution in [1.82, 2.24) is 20.3 Å². The third kappa shape index (κ3) is 2.63. The number of aromatic nitrogens is 3. The highest BCUT2D eigenvalue weighted by Gasteiger charge is 2.36. The Bertz CT molecular complexity index is 531. The van der Waals surface area contributed by atoms with Crippen LogP contribution in [0.4, 0.5) is 0 Å². The molecule has 21 heavy (non-hydrogen) atoms. The van der Waals surface area contributed by atoms with Gasteiger partial charge in [-0.3, -0.25) is 0 Å². The molecule has 1 aromatic rings. The molecule has 3 atom stereocenters. The smallest absolute Gasteiger partial charge is 0.0952 e. The van der Waals surface area contributed by atoms with Gasteiger partial charge in [-0.25, -0.2) is 0 Å². The second-order valence-corrected chi connectivity index (χ2v) is 6.47. The van der Waals surface area contributed by atoms with Crippen molar-refractivity contribution in [3.05, 3.63) is 35.8 Å². The van der Waals surface area contributed by atoms with Crippen molar-refractivity contribution in [1.29, 1.82) is 0 Å². The first kappa shape index (κ1) is 14.4. The van der Waals surface area contributed by atoms with Crippen LogP contribution in [0.2, 0.25) is 0 Å². The van der Waals surface area contributed by atoms with E-state index in [1.54, 1.807) is 0 Å². The van der Waals surface area contributed by atoms with Gasteiger partial charge < -0.3 is 4.90 Å². The second kappa shape index (κ2) is 6.04. The largest absolute Gasteiger partial charge is 0.378 e. The first-order valence-electron chi connectivity index (χ1n) is 8.14. The standard InChI is InChI=1S/C17H26N4/c1-4-5-9-14-12(2)21(3)11-13-8-6-7-10-15(13)17-16(14)18-20-19-17/h4-5,13-15H,2,6-11H2,1,3H3,(H,18,19,20)/b5-4-. The molecule has 0 bridgehead atoms. The van der Waals surface area contributed by atoms with Crippen molar-refractivity contribution in [2.24, 2.45) is 5.92 Å². The van der Waals surface area contributed by atoms with Gasteiger partial charge in [0.2, 0.25) is 0 Å². The molecule has 2 aliphatic rings. The van der Waals surface area contributed by atoms with Crippen LogP contribution in [0, 0.1) is 5.92 Å². The van der Waals surface area contributed by atoms with E-state index in [1.165, 1.54) is 37.1 Å². The van der Waals surface area contributed by atoms with Gasteiger partial charge in [0.05, 0.1) is 11.4 Å². The van der Waals surface area contributed by atoms with Crippen molar-refractivity contribution in [2.75, 3.05) is 13.6 Å². The van der Waals surface area contributed by atoms with E-state index in [0.29, 0.717) is 11.8 Å². The van der Waals surface area contributed by atoms with Gasteiger partial charge in [0.15, 0.2) is 0 Å². The van der Waals surface area contributed by atoms with E-state index in [4.69, 9.17) is 0 Å². The molecule has 2 heterocycles. The van der Waals surface area contributed by atoms with Crippen LogP contribution >= 0.6 is 0 Å².